The highest BCUT2D eigenvalue weighted by atomic mass is 35.5. The number of rotatable bonds is 4. The molecule has 0 unspecified atom stereocenters. The van der Waals surface area contributed by atoms with E-state index < -0.39 is 0 Å². The van der Waals surface area contributed by atoms with Crippen LogP contribution in [-0.2, 0) is 4.84 Å². The van der Waals surface area contributed by atoms with Gasteiger partial charge in [0.2, 0.25) is 0 Å². The van der Waals surface area contributed by atoms with E-state index in [1.165, 1.54) is 7.11 Å². The van der Waals surface area contributed by atoms with Crippen LogP contribution in [-0.4, -0.2) is 19.4 Å². The van der Waals surface area contributed by atoms with Gasteiger partial charge in [0, 0.05) is 5.56 Å². The van der Waals surface area contributed by atoms with Crippen LogP contribution in [0, 0.1) is 0 Å². The number of hydrogen-bond donors (Lipinski definition) is 1. The van der Waals surface area contributed by atoms with E-state index in [1.807, 2.05) is 18.2 Å². The van der Waals surface area contributed by atoms with E-state index in [1.54, 1.807) is 12.1 Å². The lowest BCUT2D eigenvalue weighted by Gasteiger charge is -2.00. The third-order valence-electron chi connectivity index (χ3n) is 1.47. The number of hydroxylamine groups is 1. The van der Waals surface area contributed by atoms with Crippen LogP contribution in [0.1, 0.15) is 10.4 Å². The maximum atomic E-state index is 11.3. The molecule has 0 heterocycles. The van der Waals surface area contributed by atoms with E-state index in [4.69, 9.17) is 0 Å². The van der Waals surface area contributed by atoms with E-state index in [2.05, 4.69) is 10.3 Å². The van der Waals surface area contributed by atoms with Crippen LogP contribution in [0.15, 0.2) is 30.3 Å². The number of carbonyl (C=O) groups is 1. The summed E-state index contributed by atoms with van der Waals surface area (Å²) in [6, 6.07) is 9.10. The minimum atomic E-state index is 0. The van der Waals surface area contributed by atoms with Crippen molar-refractivity contribution in [3.05, 3.63) is 35.9 Å². The van der Waals surface area contributed by atoms with Gasteiger partial charge in [-0.3, -0.25) is 4.79 Å². The number of benzene rings is 1. The molecule has 1 N–H and O–H groups in total. The quantitative estimate of drug-likeness (QED) is 0.592. The van der Waals surface area contributed by atoms with E-state index in [0.717, 1.165) is 0 Å². The number of Topliss-reactive ketones (excluding diaryl/α,β-unsaturated/α-hetero) is 1. The third kappa shape index (κ3) is 4.03. The Labute approximate surface area is 83.5 Å². The summed E-state index contributed by atoms with van der Waals surface area (Å²) in [4.78, 5) is 15.8. The summed E-state index contributed by atoms with van der Waals surface area (Å²) in [5, 5.41) is 0. The Morgan fingerprint density at radius 1 is 1.38 bits per heavy atom. The summed E-state index contributed by atoms with van der Waals surface area (Å²) in [7, 11) is 1.48. The molecule has 0 amide bonds. The molecule has 0 saturated carbocycles. The first kappa shape index (κ1) is 12.1. The minimum Gasteiger partial charge on any atom is -0.305 e. The average molecular weight is 202 g/mol. The van der Waals surface area contributed by atoms with Gasteiger partial charge in [-0.15, -0.1) is 12.4 Å². The SMILES string of the molecule is CONCC(=O)c1ccccc1.Cl. The first-order chi connectivity index (χ1) is 5.84. The Morgan fingerprint density at radius 3 is 2.54 bits per heavy atom. The molecule has 0 radical (unpaired) electrons. The van der Waals surface area contributed by atoms with E-state index >= 15 is 0 Å². The lowest BCUT2D eigenvalue weighted by Crippen LogP contribution is -2.21. The fourth-order valence-electron chi connectivity index (χ4n) is 0.864. The Bertz CT molecular complexity index is 251. The molecule has 0 aromatic heterocycles. The predicted molar refractivity (Wildman–Crippen MR) is 53.0 cm³/mol. The largest absolute Gasteiger partial charge is 0.305 e. The van der Waals surface area contributed by atoms with Gasteiger partial charge in [0.05, 0.1) is 13.7 Å². The van der Waals surface area contributed by atoms with Crippen LogP contribution in [0.4, 0.5) is 0 Å². The first-order valence-corrected chi connectivity index (χ1v) is 3.68. The van der Waals surface area contributed by atoms with Crippen molar-refractivity contribution in [1.82, 2.24) is 5.48 Å². The summed E-state index contributed by atoms with van der Waals surface area (Å²) < 4.78 is 0. The van der Waals surface area contributed by atoms with Crippen LogP contribution in [0.2, 0.25) is 0 Å². The molecule has 0 spiro atoms. The van der Waals surface area contributed by atoms with Gasteiger partial charge in [-0.05, 0) is 0 Å². The summed E-state index contributed by atoms with van der Waals surface area (Å²) in [5.41, 5.74) is 3.19. The molecule has 0 fully saturated rings. The molecule has 1 rings (SSSR count). The molecule has 72 valence electrons. The number of hydrogen-bond acceptors (Lipinski definition) is 3. The monoisotopic (exact) mass is 201 g/mol. The van der Waals surface area contributed by atoms with Gasteiger partial charge in [-0.2, -0.15) is 5.48 Å². The highest BCUT2D eigenvalue weighted by Crippen LogP contribution is 1.98. The second kappa shape index (κ2) is 6.60. The van der Waals surface area contributed by atoms with Crippen LogP contribution >= 0.6 is 12.4 Å². The molecule has 13 heavy (non-hydrogen) atoms. The standard InChI is InChI=1S/C9H11NO2.ClH/c1-12-10-7-9(11)8-5-3-2-4-6-8;/h2-6,10H,7H2,1H3;1H. The Hall–Kier alpha value is -0.900. The topological polar surface area (TPSA) is 38.3 Å². The summed E-state index contributed by atoms with van der Waals surface area (Å²) in [5.74, 6) is 0.0254. The highest BCUT2D eigenvalue weighted by molar-refractivity contribution is 5.97. The molecule has 0 atom stereocenters. The number of nitrogens with one attached hydrogen (secondary N) is 1. The maximum Gasteiger partial charge on any atom is 0.178 e. The summed E-state index contributed by atoms with van der Waals surface area (Å²) in [6.07, 6.45) is 0. The van der Waals surface area contributed by atoms with E-state index in [9.17, 15) is 4.79 Å². The second-order valence-corrected chi connectivity index (χ2v) is 2.31. The third-order valence-corrected chi connectivity index (χ3v) is 1.47. The van der Waals surface area contributed by atoms with Crippen molar-refractivity contribution in [3.8, 4) is 0 Å². The van der Waals surface area contributed by atoms with Crippen molar-refractivity contribution < 1.29 is 9.63 Å². The summed E-state index contributed by atoms with van der Waals surface area (Å²) in [6.45, 7) is 0.209. The van der Waals surface area contributed by atoms with Gasteiger partial charge >= 0.3 is 0 Å². The zero-order chi connectivity index (χ0) is 8.81. The molecular formula is C9H12ClNO2. The van der Waals surface area contributed by atoms with Gasteiger partial charge in [0.15, 0.2) is 5.78 Å². The highest BCUT2D eigenvalue weighted by Gasteiger charge is 2.02. The lowest BCUT2D eigenvalue weighted by atomic mass is 10.1. The predicted octanol–water partition coefficient (Wildman–Crippen LogP) is 1.44. The van der Waals surface area contributed by atoms with Crippen LogP contribution in [0.5, 0.6) is 0 Å². The normalized spacial score (nSPS) is 9.00. The molecule has 0 aliphatic carbocycles. The van der Waals surface area contributed by atoms with E-state index in [-0.39, 0.29) is 24.7 Å². The molecule has 0 bridgehead atoms. The van der Waals surface area contributed by atoms with E-state index in [0.29, 0.717) is 5.56 Å². The Kier molecular flexibility index (Phi) is 6.14. The molecule has 0 aliphatic rings. The number of carbonyl (C=O) groups excluding carboxylic acids is 1. The fraction of sp³-hybridized carbons (Fsp3) is 0.222. The fourth-order valence-corrected chi connectivity index (χ4v) is 0.864. The van der Waals surface area contributed by atoms with Gasteiger partial charge in [-0.1, -0.05) is 30.3 Å². The van der Waals surface area contributed by atoms with Crippen LogP contribution < -0.4 is 5.48 Å². The molecule has 1 aromatic rings. The molecule has 0 aliphatic heterocycles. The van der Waals surface area contributed by atoms with Gasteiger partial charge < -0.3 is 4.84 Å². The lowest BCUT2D eigenvalue weighted by molar-refractivity contribution is 0.0735. The molecule has 0 saturated heterocycles. The van der Waals surface area contributed by atoms with Gasteiger partial charge in [0.25, 0.3) is 0 Å². The molecule has 1 aromatic carbocycles. The Balaban J connectivity index is 0.00000144. The van der Waals surface area contributed by atoms with Crippen molar-refractivity contribution in [2.45, 2.75) is 0 Å². The van der Waals surface area contributed by atoms with Gasteiger partial charge in [-0.25, -0.2) is 0 Å². The van der Waals surface area contributed by atoms with Crippen LogP contribution in [0.25, 0.3) is 0 Å². The molecule has 3 nitrogen and oxygen atoms in total. The molecular weight excluding hydrogens is 190 g/mol. The van der Waals surface area contributed by atoms with Crippen molar-refractivity contribution in [1.29, 1.82) is 0 Å². The number of halogens is 1. The molecule has 4 heteroatoms. The summed E-state index contributed by atoms with van der Waals surface area (Å²) >= 11 is 0. The Morgan fingerprint density at radius 2 is 2.00 bits per heavy atom. The second-order valence-electron chi connectivity index (χ2n) is 2.31. The zero-order valence-electron chi connectivity index (χ0n) is 7.32. The minimum absolute atomic E-state index is 0. The van der Waals surface area contributed by atoms with Gasteiger partial charge in [0.1, 0.15) is 0 Å². The first-order valence-electron chi connectivity index (χ1n) is 3.68. The zero-order valence-corrected chi connectivity index (χ0v) is 8.14. The van der Waals surface area contributed by atoms with Crippen molar-refractivity contribution in [2.75, 3.05) is 13.7 Å². The van der Waals surface area contributed by atoms with Crippen molar-refractivity contribution in [2.24, 2.45) is 0 Å². The maximum absolute atomic E-state index is 11.3. The smallest absolute Gasteiger partial charge is 0.178 e. The number of ketones is 1. The van der Waals surface area contributed by atoms with Crippen molar-refractivity contribution in [3.63, 3.8) is 0 Å². The average Bonchev–Trinajstić information content (AvgIpc) is 2.15. The van der Waals surface area contributed by atoms with Crippen molar-refractivity contribution >= 4 is 18.2 Å². The van der Waals surface area contributed by atoms with Crippen LogP contribution in [0.3, 0.4) is 0 Å².